The number of rotatable bonds is 3. The molecule has 0 atom stereocenters. The summed E-state index contributed by atoms with van der Waals surface area (Å²) >= 11 is 0. The molecule has 0 saturated carbocycles. The smallest absolute Gasteiger partial charge is 0.419 e. The third-order valence-corrected chi connectivity index (χ3v) is 3.00. The molecule has 0 bridgehead atoms. The van der Waals surface area contributed by atoms with Crippen LogP contribution in [0.5, 0.6) is 11.5 Å². The van der Waals surface area contributed by atoms with Crippen LogP contribution >= 0.6 is 0 Å². The number of carboxylic acids is 1. The number of aromatic nitrogens is 2. The summed E-state index contributed by atoms with van der Waals surface area (Å²) in [5, 5.41) is 22.6. The summed E-state index contributed by atoms with van der Waals surface area (Å²) in [5.74, 6) is -2.53. The minimum Gasteiger partial charge on any atom is -0.504 e. The zero-order valence-corrected chi connectivity index (χ0v) is 11.5. The molecule has 0 spiro atoms. The standard InChI is InChI=1S/C13H11F3N2O4/c1-18-10(12(20)21)11(19)9(17-18)6-3-4-8(22-2)7(5-6)13(14,15)16/h3-5,19H,1-2H3,(H,20,21). The topological polar surface area (TPSA) is 84.6 Å². The molecular formula is C13H11F3N2O4. The lowest BCUT2D eigenvalue weighted by atomic mass is 10.1. The summed E-state index contributed by atoms with van der Waals surface area (Å²) in [6.45, 7) is 0. The molecule has 0 aliphatic heterocycles. The molecule has 0 amide bonds. The Balaban J connectivity index is 2.65. The van der Waals surface area contributed by atoms with Crippen molar-refractivity contribution in [3.05, 3.63) is 29.5 Å². The van der Waals surface area contributed by atoms with Crippen LogP contribution in [0, 0.1) is 0 Å². The molecule has 22 heavy (non-hydrogen) atoms. The largest absolute Gasteiger partial charge is 0.504 e. The van der Waals surface area contributed by atoms with Crippen molar-refractivity contribution < 1.29 is 32.9 Å². The first-order valence-corrected chi connectivity index (χ1v) is 5.91. The Morgan fingerprint density at radius 2 is 2.00 bits per heavy atom. The predicted molar refractivity (Wildman–Crippen MR) is 68.8 cm³/mol. The van der Waals surface area contributed by atoms with Gasteiger partial charge in [-0.2, -0.15) is 18.3 Å². The van der Waals surface area contributed by atoms with Gasteiger partial charge in [-0.25, -0.2) is 4.79 Å². The van der Waals surface area contributed by atoms with Gasteiger partial charge in [-0.15, -0.1) is 0 Å². The van der Waals surface area contributed by atoms with Crippen LogP contribution in [0.4, 0.5) is 13.2 Å². The Morgan fingerprint density at radius 1 is 1.36 bits per heavy atom. The number of hydrogen-bond acceptors (Lipinski definition) is 4. The Bertz CT molecular complexity index is 738. The van der Waals surface area contributed by atoms with Crippen molar-refractivity contribution in [1.29, 1.82) is 0 Å². The molecule has 6 nitrogen and oxygen atoms in total. The summed E-state index contributed by atoms with van der Waals surface area (Å²) in [6.07, 6.45) is -4.67. The number of hydrogen-bond donors (Lipinski definition) is 2. The highest BCUT2D eigenvalue weighted by Crippen LogP contribution is 2.40. The molecule has 2 aromatic rings. The van der Waals surface area contributed by atoms with Gasteiger partial charge in [0, 0.05) is 12.6 Å². The fourth-order valence-corrected chi connectivity index (χ4v) is 2.02. The van der Waals surface area contributed by atoms with Gasteiger partial charge >= 0.3 is 12.1 Å². The highest BCUT2D eigenvalue weighted by Gasteiger charge is 2.35. The van der Waals surface area contributed by atoms with Crippen LogP contribution in [0.15, 0.2) is 18.2 Å². The number of aromatic hydroxyl groups is 1. The molecule has 2 N–H and O–H groups in total. The summed E-state index contributed by atoms with van der Waals surface area (Å²) in [4.78, 5) is 11.0. The predicted octanol–water partition coefficient (Wildman–Crippen LogP) is 2.52. The number of methoxy groups -OCH3 is 1. The maximum Gasteiger partial charge on any atom is 0.419 e. The SMILES string of the molecule is COc1ccc(-c2nn(C)c(C(=O)O)c2O)cc1C(F)(F)F. The summed E-state index contributed by atoms with van der Waals surface area (Å²) < 4.78 is 44.5. The Kier molecular flexibility index (Phi) is 3.74. The summed E-state index contributed by atoms with van der Waals surface area (Å²) in [7, 11) is 2.37. The number of halogens is 3. The van der Waals surface area contributed by atoms with Crippen LogP contribution in [0.25, 0.3) is 11.3 Å². The Morgan fingerprint density at radius 3 is 2.45 bits per heavy atom. The van der Waals surface area contributed by atoms with Crippen LogP contribution < -0.4 is 4.74 Å². The molecule has 1 heterocycles. The average molecular weight is 316 g/mol. The van der Waals surface area contributed by atoms with Crippen molar-refractivity contribution in [2.24, 2.45) is 7.05 Å². The van der Waals surface area contributed by atoms with E-state index in [0.29, 0.717) is 0 Å². The second kappa shape index (κ2) is 5.24. The lowest BCUT2D eigenvalue weighted by Crippen LogP contribution is -2.07. The molecule has 0 aliphatic carbocycles. The van der Waals surface area contributed by atoms with E-state index in [-0.39, 0.29) is 17.0 Å². The van der Waals surface area contributed by atoms with Crippen molar-refractivity contribution in [2.75, 3.05) is 7.11 Å². The quantitative estimate of drug-likeness (QED) is 0.909. The minimum atomic E-state index is -4.67. The lowest BCUT2D eigenvalue weighted by Gasteiger charge is -2.12. The highest BCUT2D eigenvalue weighted by atomic mass is 19.4. The van der Waals surface area contributed by atoms with Gasteiger partial charge in [0.05, 0.1) is 12.7 Å². The van der Waals surface area contributed by atoms with E-state index in [9.17, 15) is 23.1 Å². The van der Waals surface area contributed by atoms with Gasteiger partial charge in [0.2, 0.25) is 0 Å². The molecule has 1 aromatic carbocycles. The van der Waals surface area contributed by atoms with Crippen LogP contribution in [0.3, 0.4) is 0 Å². The first-order chi connectivity index (χ1) is 10.2. The molecule has 2 rings (SSSR count). The zero-order chi connectivity index (χ0) is 16.7. The van der Waals surface area contributed by atoms with Gasteiger partial charge in [0.1, 0.15) is 11.4 Å². The zero-order valence-electron chi connectivity index (χ0n) is 11.5. The average Bonchev–Trinajstić information content (AvgIpc) is 2.72. The van der Waals surface area contributed by atoms with Crippen molar-refractivity contribution in [3.63, 3.8) is 0 Å². The highest BCUT2D eigenvalue weighted by molar-refractivity contribution is 5.92. The van der Waals surface area contributed by atoms with Crippen molar-refractivity contribution in [1.82, 2.24) is 9.78 Å². The van der Waals surface area contributed by atoms with E-state index in [0.717, 1.165) is 23.9 Å². The van der Waals surface area contributed by atoms with Crippen LogP contribution in [0.2, 0.25) is 0 Å². The number of alkyl halides is 3. The molecule has 0 unspecified atom stereocenters. The summed E-state index contributed by atoms with van der Waals surface area (Å²) in [5.41, 5.74) is -1.89. The molecule has 0 fully saturated rings. The van der Waals surface area contributed by atoms with Crippen molar-refractivity contribution >= 4 is 5.97 Å². The van der Waals surface area contributed by atoms with Gasteiger partial charge < -0.3 is 14.9 Å². The second-order valence-electron chi connectivity index (χ2n) is 4.39. The molecule has 9 heteroatoms. The molecule has 118 valence electrons. The van der Waals surface area contributed by atoms with Crippen LogP contribution in [-0.2, 0) is 13.2 Å². The number of nitrogens with zero attached hydrogens (tertiary/aromatic N) is 2. The van der Waals surface area contributed by atoms with Crippen LogP contribution in [0.1, 0.15) is 16.1 Å². The van der Waals surface area contributed by atoms with Gasteiger partial charge in [0.25, 0.3) is 0 Å². The fraction of sp³-hybridized carbons (Fsp3) is 0.231. The van der Waals surface area contributed by atoms with Gasteiger partial charge in [-0.05, 0) is 18.2 Å². The van der Waals surface area contributed by atoms with Gasteiger partial charge in [0.15, 0.2) is 11.4 Å². The number of aromatic carboxylic acids is 1. The Labute approximate surface area is 122 Å². The van der Waals surface area contributed by atoms with E-state index in [4.69, 9.17) is 5.11 Å². The number of aryl methyl sites for hydroxylation is 1. The third-order valence-electron chi connectivity index (χ3n) is 3.00. The lowest BCUT2D eigenvalue weighted by molar-refractivity contribution is -0.138. The monoisotopic (exact) mass is 316 g/mol. The first-order valence-electron chi connectivity index (χ1n) is 5.91. The van der Waals surface area contributed by atoms with Crippen LogP contribution in [-0.4, -0.2) is 33.1 Å². The van der Waals surface area contributed by atoms with Crippen molar-refractivity contribution in [3.8, 4) is 22.8 Å². The molecular weight excluding hydrogens is 305 g/mol. The van der Waals surface area contributed by atoms with E-state index in [1.807, 2.05) is 0 Å². The van der Waals surface area contributed by atoms with Gasteiger partial charge in [-0.1, -0.05) is 0 Å². The third kappa shape index (κ3) is 2.57. The van der Waals surface area contributed by atoms with Crippen molar-refractivity contribution in [2.45, 2.75) is 6.18 Å². The van der Waals surface area contributed by atoms with E-state index >= 15 is 0 Å². The van der Waals surface area contributed by atoms with E-state index in [1.165, 1.54) is 13.1 Å². The number of ether oxygens (including phenoxy) is 1. The number of benzene rings is 1. The normalized spacial score (nSPS) is 11.5. The minimum absolute atomic E-state index is 0.0753. The Hall–Kier alpha value is -2.71. The molecule has 1 aromatic heterocycles. The number of carboxylic acid groups (broad SMARTS) is 1. The van der Waals surface area contributed by atoms with Gasteiger partial charge in [-0.3, -0.25) is 4.68 Å². The second-order valence-corrected chi connectivity index (χ2v) is 4.39. The molecule has 0 radical (unpaired) electrons. The molecule has 0 aliphatic rings. The van der Waals surface area contributed by atoms with E-state index in [1.54, 1.807) is 0 Å². The fourth-order valence-electron chi connectivity index (χ4n) is 2.02. The maximum absolute atomic E-state index is 13.0. The molecule has 0 saturated heterocycles. The summed E-state index contributed by atoms with van der Waals surface area (Å²) in [6, 6.07) is 3.07. The number of carbonyl (C=O) groups is 1. The van der Waals surface area contributed by atoms with E-state index < -0.39 is 29.2 Å². The maximum atomic E-state index is 13.0. The van der Waals surface area contributed by atoms with E-state index in [2.05, 4.69) is 9.84 Å². The first kappa shape index (κ1) is 15.7.